The van der Waals surface area contributed by atoms with Crippen LogP contribution in [-0.4, -0.2) is 12.6 Å². The van der Waals surface area contributed by atoms with Crippen molar-refractivity contribution in [3.05, 3.63) is 65.7 Å². The van der Waals surface area contributed by atoms with Crippen LogP contribution in [0.3, 0.4) is 0 Å². The van der Waals surface area contributed by atoms with Gasteiger partial charge in [0.1, 0.15) is 5.75 Å². The Balaban J connectivity index is 0.00000288. The van der Waals surface area contributed by atoms with Crippen molar-refractivity contribution < 1.29 is 4.74 Å². The molecule has 2 aromatic rings. The van der Waals surface area contributed by atoms with Gasteiger partial charge in [0, 0.05) is 12.6 Å². The fourth-order valence-electron chi connectivity index (χ4n) is 2.46. The summed E-state index contributed by atoms with van der Waals surface area (Å²) in [6.07, 6.45) is 4.53. The summed E-state index contributed by atoms with van der Waals surface area (Å²) < 4.78 is 5.70. The first-order valence-corrected chi connectivity index (χ1v) is 8.77. The van der Waals surface area contributed by atoms with Crippen LogP contribution in [0.25, 0.3) is 0 Å². The molecule has 0 aromatic heterocycles. The number of hydrogen-bond acceptors (Lipinski definition) is 2. The van der Waals surface area contributed by atoms with E-state index in [1.54, 1.807) is 0 Å². The Morgan fingerprint density at radius 1 is 0.958 bits per heavy atom. The maximum absolute atomic E-state index is 5.70. The largest absolute Gasteiger partial charge is 0.494 e. The maximum Gasteiger partial charge on any atom is 0.119 e. The minimum atomic E-state index is 0. The molecule has 0 radical (unpaired) electrons. The van der Waals surface area contributed by atoms with Crippen molar-refractivity contribution in [2.75, 3.05) is 6.61 Å². The normalized spacial score (nSPS) is 11.6. The van der Waals surface area contributed by atoms with Gasteiger partial charge < -0.3 is 10.1 Å². The van der Waals surface area contributed by atoms with E-state index < -0.39 is 0 Å². The van der Waals surface area contributed by atoms with E-state index in [1.807, 2.05) is 0 Å². The minimum absolute atomic E-state index is 0. The third kappa shape index (κ3) is 7.85. The molecular formula is C21H30ClNO. The fourth-order valence-corrected chi connectivity index (χ4v) is 2.46. The molecule has 3 heteroatoms. The van der Waals surface area contributed by atoms with E-state index in [1.165, 1.54) is 17.5 Å². The number of nitrogens with one attached hydrogen (secondary N) is 1. The Kier molecular flexibility index (Phi) is 10.2. The Labute approximate surface area is 153 Å². The molecule has 0 spiro atoms. The number of halogens is 1. The molecule has 0 aliphatic heterocycles. The predicted molar refractivity (Wildman–Crippen MR) is 105 cm³/mol. The molecule has 132 valence electrons. The van der Waals surface area contributed by atoms with E-state index in [0.717, 1.165) is 38.2 Å². The Morgan fingerprint density at radius 3 is 2.33 bits per heavy atom. The van der Waals surface area contributed by atoms with Gasteiger partial charge >= 0.3 is 0 Å². The first-order chi connectivity index (χ1) is 11.3. The first kappa shape index (κ1) is 20.5. The molecule has 0 aliphatic rings. The van der Waals surface area contributed by atoms with Crippen molar-refractivity contribution in [3.63, 3.8) is 0 Å². The third-order valence-electron chi connectivity index (χ3n) is 4.05. The highest BCUT2D eigenvalue weighted by atomic mass is 35.5. The highest BCUT2D eigenvalue weighted by Gasteiger charge is 2.03. The summed E-state index contributed by atoms with van der Waals surface area (Å²) in [5, 5.41) is 3.59. The number of unbranched alkanes of at least 4 members (excludes halogenated alkanes) is 1. The monoisotopic (exact) mass is 347 g/mol. The van der Waals surface area contributed by atoms with Gasteiger partial charge in [0.2, 0.25) is 0 Å². The maximum atomic E-state index is 5.70. The van der Waals surface area contributed by atoms with Gasteiger partial charge in [-0.05, 0) is 49.4 Å². The van der Waals surface area contributed by atoms with E-state index in [4.69, 9.17) is 4.74 Å². The molecule has 0 aliphatic carbocycles. The summed E-state index contributed by atoms with van der Waals surface area (Å²) in [6, 6.07) is 19.6. The quantitative estimate of drug-likeness (QED) is 0.581. The summed E-state index contributed by atoms with van der Waals surface area (Å²) in [5.74, 6) is 0.984. The lowest BCUT2D eigenvalue weighted by Gasteiger charge is -2.14. The van der Waals surface area contributed by atoms with Gasteiger partial charge in [0.25, 0.3) is 0 Å². The van der Waals surface area contributed by atoms with Gasteiger partial charge in [-0.1, -0.05) is 55.8 Å². The van der Waals surface area contributed by atoms with Crippen LogP contribution < -0.4 is 10.1 Å². The molecular weight excluding hydrogens is 318 g/mol. The summed E-state index contributed by atoms with van der Waals surface area (Å²) >= 11 is 0. The molecule has 0 fully saturated rings. The fraction of sp³-hybridized carbons (Fsp3) is 0.429. The van der Waals surface area contributed by atoms with Gasteiger partial charge in [-0.3, -0.25) is 0 Å². The molecule has 1 N–H and O–H groups in total. The van der Waals surface area contributed by atoms with Gasteiger partial charge in [-0.2, -0.15) is 0 Å². The molecule has 2 nitrogen and oxygen atoms in total. The van der Waals surface area contributed by atoms with Gasteiger partial charge in [-0.15, -0.1) is 12.4 Å². The molecule has 0 saturated heterocycles. The van der Waals surface area contributed by atoms with Crippen LogP contribution in [0.2, 0.25) is 0 Å². The van der Waals surface area contributed by atoms with Crippen LogP contribution in [-0.2, 0) is 13.0 Å². The first-order valence-electron chi connectivity index (χ1n) is 8.77. The van der Waals surface area contributed by atoms with Crippen LogP contribution in [0, 0.1) is 0 Å². The van der Waals surface area contributed by atoms with E-state index in [0.29, 0.717) is 6.04 Å². The van der Waals surface area contributed by atoms with E-state index in [9.17, 15) is 0 Å². The third-order valence-corrected chi connectivity index (χ3v) is 4.05. The van der Waals surface area contributed by atoms with Gasteiger partial charge in [-0.25, -0.2) is 0 Å². The average Bonchev–Trinajstić information content (AvgIpc) is 2.60. The van der Waals surface area contributed by atoms with Gasteiger partial charge in [0.15, 0.2) is 0 Å². The van der Waals surface area contributed by atoms with Crippen molar-refractivity contribution in [1.82, 2.24) is 5.32 Å². The zero-order valence-electron chi connectivity index (χ0n) is 14.8. The Hall–Kier alpha value is -1.51. The van der Waals surface area contributed by atoms with E-state index in [-0.39, 0.29) is 12.4 Å². The zero-order valence-corrected chi connectivity index (χ0v) is 15.6. The van der Waals surface area contributed by atoms with Crippen LogP contribution in [0.5, 0.6) is 5.75 Å². The second-order valence-electron chi connectivity index (χ2n) is 6.15. The van der Waals surface area contributed by atoms with Crippen molar-refractivity contribution in [3.8, 4) is 5.75 Å². The van der Waals surface area contributed by atoms with Crippen molar-refractivity contribution in [1.29, 1.82) is 0 Å². The smallest absolute Gasteiger partial charge is 0.119 e. The minimum Gasteiger partial charge on any atom is -0.494 e. The number of aryl methyl sites for hydroxylation is 1. The number of benzene rings is 2. The summed E-state index contributed by atoms with van der Waals surface area (Å²) in [6.45, 7) is 6.19. The highest BCUT2D eigenvalue weighted by Crippen LogP contribution is 2.14. The number of ether oxygens (including phenoxy) is 1. The molecule has 2 rings (SSSR count). The zero-order chi connectivity index (χ0) is 16.3. The second kappa shape index (κ2) is 11.9. The van der Waals surface area contributed by atoms with Gasteiger partial charge in [0.05, 0.1) is 6.61 Å². The topological polar surface area (TPSA) is 21.3 Å². The lowest BCUT2D eigenvalue weighted by atomic mass is 10.1. The summed E-state index contributed by atoms with van der Waals surface area (Å²) in [5.41, 5.74) is 2.72. The lowest BCUT2D eigenvalue weighted by Crippen LogP contribution is -2.25. The van der Waals surface area contributed by atoms with E-state index >= 15 is 0 Å². The molecule has 0 saturated carbocycles. The number of rotatable bonds is 10. The Morgan fingerprint density at radius 2 is 1.67 bits per heavy atom. The van der Waals surface area contributed by atoms with Crippen molar-refractivity contribution in [2.24, 2.45) is 0 Å². The summed E-state index contributed by atoms with van der Waals surface area (Å²) in [4.78, 5) is 0. The van der Waals surface area contributed by atoms with E-state index in [2.05, 4.69) is 73.8 Å². The van der Waals surface area contributed by atoms with Crippen LogP contribution >= 0.6 is 12.4 Å². The van der Waals surface area contributed by atoms with Crippen LogP contribution in [0.4, 0.5) is 0 Å². The Bertz CT molecular complexity index is 542. The molecule has 1 unspecified atom stereocenters. The van der Waals surface area contributed by atoms with Crippen molar-refractivity contribution >= 4 is 12.4 Å². The highest BCUT2D eigenvalue weighted by molar-refractivity contribution is 5.85. The SMILES string of the molecule is CCCCOc1ccc(CCC(C)NCc2ccccc2)cc1.Cl. The van der Waals surface area contributed by atoms with Crippen LogP contribution in [0.15, 0.2) is 54.6 Å². The standard InChI is InChI=1S/C21H29NO.ClH/c1-3-4-16-23-21-14-12-19(13-15-21)11-10-18(2)22-17-20-8-6-5-7-9-20;/h5-9,12-15,18,22H,3-4,10-11,16-17H2,1-2H3;1H. The average molecular weight is 348 g/mol. The second-order valence-corrected chi connectivity index (χ2v) is 6.15. The molecule has 24 heavy (non-hydrogen) atoms. The predicted octanol–water partition coefficient (Wildman–Crippen LogP) is 5.40. The van der Waals surface area contributed by atoms with Crippen LogP contribution in [0.1, 0.15) is 44.2 Å². The molecule has 0 bridgehead atoms. The molecule has 0 amide bonds. The molecule has 2 aromatic carbocycles. The molecule has 1 atom stereocenters. The lowest BCUT2D eigenvalue weighted by molar-refractivity contribution is 0.309. The molecule has 0 heterocycles. The summed E-state index contributed by atoms with van der Waals surface area (Å²) in [7, 11) is 0. The number of hydrogen-bond donors (Lipinski definition) is 1. The van der Waals surface area contributed by atoms with Crippen molar-refractivity contribution in [2.45, 2.75) is 52.1 Å².